The summed E-state index contributed by atoms with van der Waals surface area (Å²) in [5.41, 5.74) is 35.4. The first kappa shape index (κ1) is 54.0. The Morgan fingerprint density at radius 3 is 1.49 bits per heavy atom. The van der Waals surface area contributed by atoms with Gasteiger partial charge in [-0.1, -0.05) is 228 Å². The molecule has 2 aliphatic heterocycles. The Morgan fingerprint density at radius 1 is 0.471 bits per heavy atom. The largest absolute Gasteiger partial charge is 0.361 e. The Labute approximate surface area is 517 Å². The maximum absolute atomic E-state index is 2.72. The van der Waals surface area contributed by atoms with Crippen molar-refractivity contribution < 1.29 is 0 Å². The van der Waals surface area contributed by atoms with Gasteiger partial charge in [0.15, 0.2) is 0 Å². The van der Waals surface area contributed by atoms with E-state index in [1.54, 1.807) is 5.57 Å². The number of allylic oxidation sites excluding steroid dienone is 8. The van der Waals surface area contributed by atoms with E-state index >= 15 is 0 Å². The molecule has 0 amide bonds. The van der Waals surface area contributed by atoms with Crippen LogP contribution in [-0.4, -0.2) is 12.6 Å². The molecule has 432 valence electrons. The van der Waals surface area contributed by atoms with E-state index < -0.39 is 0 Å². The standard InChI is InChI=1S/C84H81N3/c1-51-76(35-24-44-85(52-36-40-61-57-25-14-18-29-65(57)80(4,5)70(61)45-52)53-37-41-62-58-26-15-19-30-66(58)81(6,7)71(62)46-53)87-77-34-23-22-33-69(77)84(12,13)75-50-56(49-74(78(75)87)79(51,2)3)86(54-38-42-63-59-27-16-20-31-67(59)82(8,9)72(63)47-54)55-39-43-64-60-28-17-21-32-68(60)83(10,11)73(64)48-55/h14-18,20-29,31-36,38-43,45-50,53H,19,30,37,44H2,1-13H3/b35-24-. The maximum Gasteiger partial charge on any atom is 0.0544 e. The molecule has 3 nitrogen and oxygen atoms in total. The molecule has 0 saturated heterocycles. The number of anilines is 6. The van der Waals surface area contributed by atoms with Crippen LogP contribution in [0.15, 0.2) is 234 Å². The number of nitrogens with zero attached hydrogens (tertiary/aromatic N) is 3. The molecule has 0 saturated carbocycles. The molecule has 0 fully saturated rings. The highest BCUT2D eigenvalue weighted by Gasteiger charge is 2.48. The lowest BCUT2D eigenvalue weighted by Crippen LogP contribution is -2.40. The zero-order chi connectivity index (χ0) is 60.1. The molecule has 16 rings (SSSR count). The summed E-state index contributed by atoms with van der Waals surface area (Å²) >= 11 is 0. The van der Waals surface area contributed by atoms with Crippen molar-refractivity contribution >= 4 is 34.1 Å². The Hall–Kier alpha value is -8.40. The minimum atomic E-state index is -0.336. The van der Waals surface area contributed by atoms with Crippen LogP contribution < -0.4 is 14.7 Å². The van der Waals surface area contributed by atoms with Gasteiger partial charge in [-0.2, -0.15) is 0 Å². The van der Waals surface area contributed by atoms with Crippen LogP contribution in [0.1, 0.15) is 159 Å². The number of hydrogen-bond acceptors (Lipinski definition) is 3. The van der Waals surface area contributed by atoms with E-state index in [-0.39, 0.29) is 38.5 Å². The van der Waals surface area contributed by atoms with Gasteiger partial charge < -0.3 is 14.7 Å². The quantitative estimate of drug-likeness (QED) is 0.150. The SMILES string of the molecule is CC1=C(/C=C\CN(c2ccc3c(c2)C(C)(C)c2ccccc2-3)C2C=C3C(=CC2)C2=C(CCC=C2)C3(C)C)N2c3ccccc3C(C)(C)c3cc(N(c4ccc5c(c4)C(C)(C)c4ccccc4-5)c4ccc5c(c4)C(C)(C)c4ccccc4-5)cc(c32)C1(C)C. The van der Waals surface area contributed by atoms with Crippen LogP contribution in [-0.2, 0) is 27.1 Å². The lowest BCUT2D eigenvalue weighted by atomic mass is 9.66. The first-order chi connectivity index (χ1) is 41.6. The number of benzene rings is 8. The van der Waals surface area contributed by atoms with E-state index in [1.807, 2.05) is 0 Å². The molecule has 6 aliphatic carbocycles. The lowest BCUT2D eigenvalue weighted by molar-refractivity contribution is 0.529. The molecule has 8 aromatic carbocycles. The second-order valence-corrected chi connectivity index (χ2v) is 29.6. The molecular formula is C84H81N3. The summed E-state index contributed by atoms with van der Waals surface area (Å²) in [4.78, 5) is 7.97. The molecule has 2 heterocycles. The molecule has 8 aliphatic rings. The van der Waals surface area contributed by atoms with Crippen molar-refractivity contribution in [2.45, 2.75) is 142 Å². The number of hydrogen-bond donors (Lipinski definition) is 0. The summed E-state index contributed by atoms with van der Waals surface area (Å²) < 4.78 is 0. The number of para-hydroxylation sites is 1. The zero-order valence-corrected chi connectivity index (χ0v) is 53.3. The Bertz CT molecular complexity index is 4440. The molecule has 3 heteroatoms. The monoisotopic (exact) mass is 1130 g/mol. The van der Waals surface area contributed by atoms with Crippen molar-refractivity contribution in [2.24, 2.45) is 5.41 Å². The van der Waals surface area contributed by atoms with Crippen LogP contribution in [0.4, 0.5) is 34.1 Å². The fourth-order valence-electron chi connectivity index (χ4n) is 17.7. The summed E-state index contributed by atoms with van der Waals surface area (Å²) in [5, 5.41) is 0. The maximum atomic E-state index is 2.72. The van der Waals surface area contributed by atoms with Gasteiger partial charge in [0, 0.05) is 67.5 Å². The highest BCUT2D eigenvalue weighted by Crippen LogP contribution is 2.62. The molecule has 1 atom stereocenters. The van der Waals surface area contributed by atoms with Gasteiger partial charge in [-0.25, -0.2) is 0 Å². The van der Waals surface area contributed by atoms with Gasteiger partial charge in [-0.05, 0) is 193 Å². The highest BCUT2D eigenvalue weighted by atomic mass is 15.2. The topological polar surface area (TPSA) is 9.72 Å². The summed E-state index contributed by atoms with van der Waals surface area (Å²) in [6, 6.07) is 63.7. The second-order valence-electron chi connectivity index (χ2n) is 29.6. The Kier molecular flexibility index (Phi) is 11.4. The van der Waals surface area contributed by atoms with Crippen molar-refractivity contribution in [3.63, 3.8) is 0 Å². The average Bonchev–Trinajstić information content (AvgIpc) is 1.67. The molecule has 0 aromatic heterocycles. The molecule has 0 radical (unpaired) electrons. The first-order valence-electron chi connectivity index (χ1n) is 32.2. The predicted molar refractivity (Wildman–Crippen MR) is 367 cm³/mol. The van der Waals surface area contributed by atoms with E-state index in [0.29, 0.717) is 0 Å². The summed E-state index contributed by atoms with van der Waals surface area (Å²) in [6.45, 7) is 32.5. The first-order valence-corrected chi connectivity index (χ1v) is 32.2. The minimum absolute atomic E-state index is 0.00400. The molecule has 8 aromatic rings. The van der Waals surface area contributed by atoms with Crippen molar-refractivity contribution in [1.29, 1.82) is 0 Å². The van der Waals surface area contributed by atoms with Gasteiger partial charge in [-0.15, -0.1) is 0 Å². The fraction of sp³-hybridized carbons (Fsp3) is 0.286. The minimum Gasteiger partial charge on any atom is -0.361 e. The zero-order valence-electron chi connectivity index (χ0n) is 53.3. The van der Waals surface area contributed by atoms with Crippen molar-refractivity contribution in [3.8, 4) is 33.4 Å². The summed E-state index contributed by atoms with van der Waals surface area (Å²) in [6.07, 6.45) is 18.3. The van der Waals surface area contributed by atoms with Crippen molar-refractivity contribution in [2.75, 3.05) is 21.2 Å². The molecule has 1 unspecified atom stereocenters. The third kappa shape index (κ3) is 7.41. The van der Waals surface area contributed by atoms with Gasteiger partial charge in [-0.3, -0.25) is 0 Å². The molecular weight excluding hydrogens is 1050 g/mol. The summed E-state index contributed by atoms with van der Waals surface area (Å²) in [7, 11) is 0. The lowest BCUT2D eigenvalue weighted by Gasteiger charge is -2.50. The van der Waals surface area contributed by atoms with Gasteiger partial charge in [0.1, 0.15) is 0 Å². The molecule has 0 spiro atoms. The third-order valence-corrected chi connectivity index (χ3v) is 22.9. The van der Waals surface area contributed by atoms with E-state index in [1.165, 1.54) is 146 Å². The Morgan fingerprint density at radius 2 is 0.931 bits per heavy atom. The average molecular weight is 1130 g/mol. The smallest absolute Gasteiger partial charge is 0.0544 e. The van der Waals surface area contributed by atoms with Crippen molar-refractivity contribution in [3.05, 3.63) is 284 Å². The number of fused-ring (bicyclic) bond motifs is 13. The van der Waals surface area contributed by atoms with Crippen LogP contribution in [0.2, 0.25) is 0 Å². The second kappa shape index (κ2) is 18.3. The van der Waals surface area contributed by atoms with Crippen LogP contribution in [0, 0.1) is 5.41 Å². The van der Waals surface area contributed by atoms with Crippen LogP contribution >= 0.6 is 0 Å². The van der Waals surface area contributed by atoms with Crippen LogP contribution in [0.3, 0.4) is 0 Å². The Balaban J connectivity index is 0.843. The van der Waals surface area contributed by atoms with Crippen LogP contribution in [0.5, 0.6) is 0 Å². The van der Waals surface area contributed by atoms with Gasteiger partial charge >= 0.3 is 0 Å². The third-order valence-electron chi connectivity index (χ3n) is 22.9. The van der Waals surface area contributed by atoms with E-state index in [0.717, 1.165) is 25.8 Å². The van der Waals surface area contributed by atoms with E-state index in [4.69, 9.17) is 0 Å². The van der Waals surface area contributed by atoms with Gasteiger partial charge in [0.05, 0.1) is 17.4 Å². The number of rotatable bonds is 8. The normalized spacial score (nSPS) is 20.5. The highest BCUT2D eigenvalue weighted by molar-refractivity contribution is 5.93. The van der Waals surface area contributed by atoms with E-state index in [9.17, 15) is 0 Å². The molecule has 0 bridgehead atoms. The van der Waals surface area contributed by atoms with Crippen LogP contribution in [0.25, 0.3) is 33.4 Å². The molecule has 87 heavy (non-hydrogen) atoms. The van der Waals surface area contributed by atoms with Crippen molar-refractivity contribution in [1.82, 2.24) is 0 Å². The van der Waals surface area contributed by atoms with E-state index in [2.05, 4.69) is 305 Å². The molecule has 0 N–H and O–H groups in total. The van der Waals surface area contributed by atoms with Gasteiger partial charge in [0.25, 0.3) is 0 Å². The predicted octanol–water partition coefficient (Wildman–Crippen LogP) is 21.8. The fourth-order valence-corrected chi connectivity index (χ4v) is 17.7. The van der Waals surface area contributed by atoms with Gasteiger partial charge in [0.2, 0.25) is 0 Å². The summed E-state index contributed by atoms with van der Waals surface area (Å²) in [5.74, 6) is 0.